The minimum Gasteiger partial charge on any atom is -0.0650 e. The van der Waals surface area contributed by atoms with Gasteiger partial charge in [0.2, 0.25) is 0 Å². The van der Waals surface area contributed by atoms with Gasteiger partial charge in [-0.3, -0.25) is 0 Å². The third-order valence-corrected chi connectivity index (χ3v) is 12.4. The molecule has 0 nitrogen and oxygen atoms in total. The minimum atomic E-state index is -1.63. The highest BCUT2D eigenvalue weighted by Crippen LogP contribution is 2.39. The van der Waals surface area contributed by atoms with Crippen LogP contribution in [0.2, 0.25) is 18.1 Å². The van der Waals surface area contributed by atoms with Crippen molar-refractivity contribution < 1.29 is 0 Å². The molecule has 0 aliphatic carbocycles. The van der Waals surface area contributed by atoms with E-state index < -0.39 is 8.07 Å². The molecule has 4 aromatic carbocycles. The Balaban J connectivity index is 2.05. The maximum absolute atomic E-state index is 2.51. The molecule has 0 saturated heterocycles. The minimum absolute atomic E-state index is 0.313. The molecule has 0 amide bonds. The highest BCUT2D eigenvalue weighted by atomic mass is 28.3. The quantitative estimate of drug-likeness (QED) is 0.312. The van der Waals surface area contributed by atoms with Crippen LogP contribution in [0.15, 0.2) is 72.8 Å². The Labute approximate surface area is 170 Å². The fourth-order valence-electron chi connectivity index (χ4n) is 4.17. The number of fused-ring (bicyclic) bond motifs is 2. The molecule has 0 atom stereocenters. The van der Waals surface area contributed by atoms with Gasteiger partial charge in [-0.2, -0.15) is 0 Å². The van der Waals surface area contributed by atoms with Crippen LogP contribution in [0.3, 0.4) is 0 Å². The molecular formula is C27H30Si. The molecule has 28 heavy (non-hydrogen) atoms. The smallest absolute Gasteiger partial charge is 0.0650 e. The second kappa shape index (κ2) is 6.60. The summed E-state index contributed by atoms with van der Waals surface area (Å²) in [5.41, 5.74) is 4.01. The predicted octanol–water partition coefficient (Wildman–Crippen LogP) is 7.68. The molecule has 0 N–H and O–H groups in total. The largest absolute Gasteiger partial charge is 0.0867 e. The molecule has 1 heteroatoms. The topological polar surface area (TPSA) is 0 Å². The summed E-state index contributed by atoms with van der Waals surface area (Å²) in [4.78, 5) is 0. The first kappa shape index (κ1) is 19.0. The Bertz CT molecular complexity index is 1180. The lowest BCUT2D eigenvalue weighted by Gasteiger charge is -2.38. The van der Waals surface area contributed by atoms with Crippen LogP contribution in [-0.2, 0) is 0 Å². The first-order valence-electron chi connectivity index (χ1n) is 10.2. The van der Waals surface area contributed by atoms with E-state index in [4.69, 9.17) is 0 Å². The summed E-state index contributed by atoms with van der Waals surface area (Å²) in [7, 11) is -1.63. The van der Waals surface area contributed by atoms with E-state index in [0.29, 0.717) is 5.04 Å². The second-order valence-corrected chi connectivity index (χ2v) is 14.8. The second-order valence-electron chi connectivity index (χ2n) is 9.56. The van der Waals surface area contributed by atoms with Crippen LogP contribution in [0, 0.1) is 6.92 Å². The van der Waals surface area contributed by atoms with Crippen molar-refractivity contribution >= 4 is 34.8 Å². The summed E-state index contributed by atoms with van der Waals surface area (Å²) in [6.07, 6.45) is 0. The van der Waals surface area contributed by atoms with Gasteiger partial charge in [-0.05, 0) is 50.2 Å². The van der Waals surface area contributed by atoms with Crippen LogP contribution in [-0.4, -0.2) is 8.07 Å². The number of hydrogen-bond acceptors (Lipinski definition) is 0. The maximum Gasteiger partial charge on any atom is 0.0867 e. The number of benzene rings is 4. The summed E-state index contributed by atoms with van der Waals surface area (Å²) in [6, 6.07) is 27.1. The van der Waals surface area contributed by atoms with Crippen LogP contribution in [0.5, 0.6) is 0 Å². The summed E-state index contributed by atoms with van der Waals surface area (Å²) in [6.45, 7) is 14.4. The molecule has 4 aromatic rings. The molecule has 0 radical (unpaired) electrons. The molecule has 0 aliphatic rings. The van der Waals surface area contributed by atoms with Gasteiger partial charge in [0, 0.05) is 0 Å². The molecule has 0 spiro atoms. The van der Waals surface area contributed by atoms with Gasteiger partial charge in [0.15, 0.2) is 0 Å². The highest BCUT2D eigenvalue weighted by Gasteiger charge is 2.37. The zero-order valence-corrected chi connectivity index (χ0v) is 18.9. The Morgan fingerprint density at radius 2 is 1.04 bits per heavy atom. The lowest BCUT2D eigenvalue weighted by Crippen LogP contribution is -2.49. The van der Waals surface area contributed by atoms with E-state index in [1.807, 2.05) is 0 Å². The molecule has 0 bridgehead atoms. The first-order valence-corrected chi connectivity index (χ1v) is 13.2. The number of hydrogen-bond donors (Lipinski definition) is 0. The maximum atomic E-state index is 2.51. The van der Waals surface area contributed by atoms with Gasteiger partial charge in [0.1, 0.15) is 0 Å². The summed E-state index contributed by atoms with van der Waals surface area (Å²) in [5.74, 6) is 0. The Morgan fingerprint density at radius 1 is 0.571 bits per heavy atom. The third kappa shape index (κ3) is 2.89. The van der Waals surface area contributed by atoms with Gasteiger partial charge < -0.3 is 0 Å². The van der Waals surface area contributed by atoms with Gasteiger partial charge in [0.05, 0.1) is 8.07 Å². The van der Waals surface area contributed by atoms with Gasteiger partial charge >= 0.3 is 0 Å². The van der Waals surface area contributed by atoms with E-state index in [2.05, 4.69) is 114 Å². The van der Waals surface area contributed by atoms with Crippen molar-refractivity contribution in [3.63, 3.8) is 0 Å². The monoisotopic (exact) mass is 382 g/mol. The molecular weight excluding hydrogens is 352 g/mol. The van der Waals surface area contributed by atoms with Crippen molar-refractivity contribution in [2.45, 2.75) is 45.8 Å². The van der Waals surface area contributed by atoms with Gasteiger partial charge in [-0.15, -0.1) is 0 Å². The third-order valence-electron chi connectivity index (χ3n) is 6.90. The Kier molecular flexibility index (Phi) is 4.47. The van der Waals surface area contributed by atoms with Crippen LogP contribution in [0.4, 0.5) is 0 Å². The van der Waals surface area contributed by atoms with Crippen LogP contribution < -0.4 is 5.19 Å². The lowest BCUT2D eigenvalue weighted by atomic mass is 9.92. The van der Waals surface area contributed by atoms with Crippen molar-refractivity contribution in [3.8, 4) is 11.1 Å². The van der Waals surface area contributed by atoms with E-state index >= 15 is 0 Å². The van der Waals surface area contributed by atoms with Crippen molar-refractivity contribution in [2.24, 2.45) is 0 Å². The predicted molar refractivity (Wildman–Crippen MR) is 128 cm³/mol. The molecule has 0 saturated carbocycles. The highest BCUT2D eigenvalue weighted by molar-refractivity contribution is 6.93. The summed E-state index contributed by atoms with van der Waals surface area (Å²) < 4.78 is 0. The van der Waals surface area contributed by atoms with Crippen molar-refractivity contribution in [1.82, 2.24) is 0 Å². The van der Waals surface area contributed by atoms with Crippen LogP contribution in [0.25, 0.3) is 32.7 Å². The van der Waals surface area contributed by atoms with Crippen molar-refractivity contribution in [3.05, 3.63) is 78.4 Å². The molecule has 0 heterocycles. The van der Waals surface area contributed by atoms with Crippen molar-refractivity contribution in [1.29, 1.82) is 0 Å². The summed E-state index contributed by atoms with van der Waals surface area (Å²) >= 11 is 0. The standard InChI is InChI=1S/C27H30Si/c1-19-15-16-23(21-12-8-7-11-20(19)21)24-17-18-26(28(5,6)27(2,3)4)25-14-10-9-13-22(24)25/h7-18H,1-6H3. The van der Waals surface area contributed by atoms with Gasteiger partial charge in [-0.25, -0.2) is 0 Å². The zero-order valence-electron chi connectivity index (χ0n) is 17.9. The van der Waals surface area contributed by atoms with Crippen molar-refractivity contribution in [2.75, 3.05) is 0 Å². The SMILES string of the molecule is Cc1ccc(-c2ccc([Si](C)(C)C(C)(C)C)c3ccccc23)c2ccccc12. The normalized spacial score (nSPS) is 12.6. The van der Waals surface area contributed by atoms with Crippen LogP contribution >= 0.6 is 0 Å². The Hall–Kier alpha value is -2.38. The van der Waals surface area contributed by atoms with E-state index in [1.54, 1.807) is 5.19 Å². The summed E-state index contributed by atoms with van der Waals surface area (Å²) in [5, 5.41) is 7.37. The van der Waals surface area contributed by atoms with E-state index in [-0.39, 0.29) is 0 Å². The molecule has 0 unspecified atom stereocenters. The average molecular weight is 383 g/mol. The van der Waals surface area contributed by atoms with Gasteiger partial charge in [-0.1, -0.05) is 112 Å². The number of aryl methyl sites for hydroxylation is 1. The average Bonchev–Trinajstić information content (AvgIpc) is 2.67. The lowest BCUT2D eigenvalue weighted by molar-refractivity contribution is 0.730. The molecule has 0 fully saturated rings. The molecule has 0 aromatic heterocycles. The van der Waals surface area contributed by atoms with E-state index in [0.717, 1.165) is 0 Å². The van der Waals surface area contributed by atoms with E-state index in [9.17, 15) is 0 Å². The molecule has 0 aliphatic heterocycles. The fraction of sp³-hybridized carbons (Fsp3) is 0.259. The van der Waals surface area contributed by atoms with E-state index in [1.165, 1.54) is 38.2 Å². The molecule has 4 rings (SSSR count). The number of rotatable bonds is 2. The van der Waals surface area contributed by atoms with Gasteiger partial charge in [0.25, 0.3) is 0 Å². The Morgan fingerprint density at radius 3 is 1.61 bits per heavy atom. The van der Waals surface area contributed by atoms with Crippen LogP contribution in [0.1, 0.15) is 26.3 Å². The molecule has 142 valence electrons. The first-order chi connectivity index (χ1) is 13.2. The fourth-order valence-corrected chi connectivity index (χ4v) is 6.37. The zero-order chi connectivity index (χ0) is 20.1.